The van der Waals surface area contributed by atoms with Crippen LogP contribution in [0.5, 0.6) is 0 Å². The third-order valence-electron chi connectivity index (χ3n) is 4.93. The van der Waals surface area contributed by atoms with Crippen LogP contribution in [0.15, 0.2) is 18.2 Å². The van der Waals surface area contributed by atoms with Crippen molar-refractivity contribution in [3.05, 3.63) is 52.9 Å². The zero-order valence-electron chi connectivity index (χ0n) is 14.9. The summed E-state index contributed by atoms with van der Waals surface area (Å²) in [6.45, 7) is 1.02. The van der Waals surface area contributed by atoms with Gasteiger partial charge >= 0.3 is 6.18 Å². The Labute approximate surface area is 157 Å². The molecule has 10 heteroatoms. The third kappa shape index (κ3) is 4.85. The van der Waals surface area contributed by atoms with Crippen molar-refractivity contribution in [3.8, 4) is 0 Å². The first-order valence-electron chi connectivity index (χ1n) is 8.88. The fourth-order valence-corrected chi connectivity index (χ4v) is 3.55. The largest absolute Gasteiger partial charge is 0.449 e. The van der Waals surface area contributed by atoms with Crippen LogP contribution in [0.3, 0.4) is 0 Å². The summed E-state index contributed by atoms with van der Waals surface area (Å²) < 4.78 is 73.4. The summed E-state index contributed by atoms with van der Waals surface area (Å²) in [7, 11) is 0. The molecule has 0 saturated heterocycles. The molecule has 1 fully saturated rings. The van der Waals surface area contributed by atoms with Gasteiger partial charge in [0.1, 0.15) is 5.82 Å². The first-order chi connectivity index (χ1) is 13.1. The first-order valence-corrected chi connectivity index (χ1v) is 8.88. The standard InChI is InChI=1S/C12H17F3N4.C6H3F3/c13-12(14,15)11-17-9-5-19(6-10(9)18-11)8-3-1-2-7(16)4-8;7-4-1-2-5(8)6(9)3-4/h7-8H,1-6,16H2,(H,17,18);1-3H/t7-,8?;/m1./s1. The van der Waals surface area contributed by atoms with Crippen LogP contribution in [0.2, 0.25) is 0 Å². The Morgan fingerprint density at radius 1 is 1.07 bits per heavy atom. The van der Waals surface area contributed by atoms with E-state index in [1.165, 1.54) is 0 Å². The van der Waals surface area contributed by atoms with Gasteiger partial charge in [0.05, 0.1) is 11.4 Å². The molecule has 1 aromatic carbocycles. The minimum Gasteiger partial charge on any atom is -0.337 e. The highest BCUT2D eigenvalue weighted by atomic mass is 19.4. The van der Waals surface area contributed by atoms with Gasteiger partial charge in [0.15, 0.2) is 11.6 Å². The second kappa shape index (κ2) is 8.12. The van der Waals surface area contributed by atoms with Crippen LogP contribution in [0.1, 0.15) is 42.9 Å². The van der Waals surface area contributed by atoms with Gasteiger partial charge in [-0.05, 0) is 31.4 Å². The van der Waals surface area contributed by atoms with E-state index in [1.807, 2.05) is 0 Å². The molecule has 0 spiro atoms. The predicted molar refractivity (Wildman–Crippen MR) is 89.4 cm³/mol. The van der Waals surface area contributed by atoms with E-state index in [-0.39, 0.29) is 6.04 Å². The van der Waals surface area contributed by atoms with Crippen molar-refractivity contribution in [2.75, 3.05) is 0 Å². The lowest BCUT2D eigenvalue weighted by Crippen LogP contribution is -2.40. The number of nitrogens with one attached hydrogen (secondary N) is 1. The van der Waals surface area contributed by atoms with Gasteiger partial charge in [-0.15, -0.1) is 0 Å². The number of hydrogen-bond donors (Lipinski definition) is 2. The molecule has 0 amide bonds. The summed E-state index contributed by atoms with van der Waals surface area (Å²) in [4.78, 5) is 8.27. The summed E-state index contributed by atoms with van der Waals surface area (Å²) in [6, 6.07) is 2.69. The average Bonchev–Trinajstić information content (AvgIpc) is 3.18. The maximum atomic E-state index is 12.5. The molecule has 2 aliphatic rings. The number of alkyl halides is 3. The highest BCUT2D eigenvalue weighted by Crippen LogP contribution is 2.33. The van der Waals surface area contributed by atoms with Crippen molar-refractivity contribution in [2.24, 2.45) is 5.73 Å². The predicted octanol–water partition coefficient (Wildman–Crippen LogP) is 4.12. The quantitative estimate of drug-likeness (QED) is 0.553. The Bertz CT molecular complexity index is 795. The number of nitrogens with two attached hydrogens (primary N) is 1. The van der Waals surface area contributed by atoms with Crippen LogP contribution in [-0.2, 0) is 19.3 Å². The Morgan fingerprint density at radius 2 is 1.82 bits per heavy atom. The van der Waals surface area contributed by atoms with Crippen molar-refractivity contribution in [3.63, 3.8) is 0 Å². The molecular formula is C18H20F6N4. The molecule has 1 aliphatic heterocycles. The Balaban J connectivity index is 0.000000211. The van der Waals surface area contributed by atoms with Crippen molar-refractivity contribution in [1.29, 1.82) is 0 Å². The van der Waals surface area contributed by atoms with E-state index >= 15 is 0 Å². The normalized spacial score (nSPS) is 22.5. The van der Waals surface area contributed by atoms with Gasteiger partial charge in [-0.3, -0.25) is 4.90 Å². The first kappa shape index (κ1) is 20.7. The van der Waals surface area contributed by atoms with Gasteiger partial charge in [-0.25, -0.2) is 18.2 Å². The lowest BCUT2D eigenvalue weighted by Gasteiger charge is -2.33. The van der Waals surface area contributed by atoms with Gasteiger partial charge in [-0.2, -0.15) is 13.2 Å². The highest BCUT2D eigenvalue weighted by Gasteiger charge is 2.38. The third-order valence-corrected chi connectivity index (χ3v) is 4.93. The fourth-order valence-electron chi connectivity index (χ4n) is 3.55. The van der Waals surface area contributed by atoms with Gasteiger partial charge in [0.25, 0.3) is 0 Å². The van der Waals surface area contributed by atoms with Crippen LogP contribution < -0.4 is 5.73 Å². The van der Waals surface area contributed by atoms with Gasteiger partial charge < -0.3 is 10.7 Å². The molecule has 28 heavy (non-hydrogen) atoms. The van der Waals surface area contributed by atoms with Crippen LogP contribution in [-0.4, -0.2) is 27.0 Å². The molecule has 1 aliphatic carbocycles. The molecule has 2 aromatic rings. The minimum absolute atomic E-state index is 0.219. The van der Waals surface area contributed by atoms with E-state index in [1.54, 1.807) is 0 Å². The number of benzene rings is 1. The Kier molecular flexibility index (Phi) is 5.99. The van der Waals surface area contributed by atoms with E-state index in [0.717, 1.165) is 37.8 Å². The lowest BCUT2D eigenvalue weighted by atomic mass is 9.91. The molecule has 0 bridgehead atoms. The molecule has 154 valence electrons. The van der Waals surface area contributed by atoms with Crippen molar-refractivity contribution >= 4 is 0 Å². The fraction of sp³-hybridized carbons (Fsp3) is 0.500. The van der Waals surface area contributed by atoms with Crippen LogP contribution >= 0.6 is 0 Å². The van der Waals surface area contributed by atoms with E-state index in [9.17, 15) is 26.3 Å². The summed E-state index contributed by atoms with van der Waals surface area (Å²) in [5.41, 5.74) is 7.09. The molecule has 4 nitrogen and oxygen atoms in total. The second-order valence-corrected chi connectivity index (χ2v) is 7.05. The van der Waals surface area contributed by atoms with E-state index in [4.69, 9.17) is 5.73 Å². The number of aromatic amines is 1. The van der Waals surface area contributed by atoms with Crippen LogP contribution in [0, 0.1) is 17.5 Å². The average molecular weight is 406 g/mol. The number of H-pyrrole nitrogens is 1. The zero-order valence-corrected chi connectivity index (χ0v) is 14.9. The lowest BCUT2D eigenvalue weighted by molar-refractivity contribution is -0.144. The number of aromatic nitrogens is 2. The number of imidazole rings is 1. The van der Waals surface area contributed by atoms with Crippen LogP contribution in [0.25, 0.3) is 0 Å². The summed E-state index contributed by atoms with van der Waals surface area (Å²) in [5.74, 6) is -3.84. The smallest absolute Gasteiger partial charge is 0.337 e. The number of fused-ring (bicyclic) bond motifs is 1. The maximum Gasteiger partial charge on any atom is 0.449 e. The molecular weight excluding hydrogens is 386 g/mol. The SMILES string of the molecule is Fc1ccc(F)c(F)c1.N[C@@H]1CCCC(N2Cc3nc(C(F)(F)F)[nH]c3C2)C1. The molecule has 2 atom stereocenters. The zero-order chi connectivity index (χ0) is 20.5. The Morgan fingerprint density at radius 3 is 2.39 bits per heavy atom. The van der Waals surface area contributed by atoms with Crippen molar-refractivity contribution in [1.82, 2.24) is 14.9 Å². The summed E-state index contributed by atoms with van der Waals surface area (Å²) >= 11 is 0. The molecule has 3 N–H and O–H groups in total. The summed E-state index contributed by atoms with van der Waals surface area (Å²) in [5, 5.41) is 0. The van der Waals surface area contributed by atoms with Crippen LogP contribution in [0.4, 0.5) is 26.3 Å². The van der Waals surface area contributed by atoms with E-state index < -0.39 is 29.5 Å². The maximum absolute atomic E-state index is 12.5. The number of rotatable bonds is 1. The summed E-state index contributed by atoms with van der Waals surface area (Å²) in [6.07, 6.45) is -0.244. The van der Waals surface area contributed by atoms with Gasteiger partial charge in [0, 0.05) is 31.2 Å². The number of hydrogen-bond acceptors (Lipinski definition) is 3. The highest BCUT2D eigenvalue weighted by molar-refractivity contribution is 5.20. The van der Waals surface area contributed by atoms with E-state index in [2.05, 4.69) is 14.9 Å². The second-order valence-electron chi connectivity index (χ2n) is 7.05. The van der Waals surface area contributed by atoms with E-state index in [0.29, 0.717) is 36.6 Å². The Hall–Kier alpha value is -2.07. The molecule has 1 unspecified atom stereocenters. The molecule has 2 heterocycles. The van der Waals surface area contributed by atoms with Crippen molar-refractivity contribution < 1.29 is 26.3 Å². The number of nitrogens with zero attached hydrogens (tertiary/aromatic N) is 2. The molecule has 4 rings (SSSR count). The minimum atomic E-state index is -4.39. The van der Waals surface area contributed by atoms with Gasteiger partial charge in [0.2, 0.25) is 5.82 Å². The van der Waals surface area contributed by atoms with Crippen molar-refractivity contribution in [2.45, 2.75) is 57.0 Å². The van der Waals surface area contributed by atoms with Gasteiger partial charge in [-0.1, -0.05) is 6.42 Å². The molecule has 1 aromatic heterocycles. The number of halogens is 6. The molecule has 1 saturated carbocycles. The monoisotopic (exact) mass is 406 g/mol. The molecule has 0 radical (unpaired) electrons. The topological polar surface area (TPSA) is 57.9 Å².